The van der Waals surface area contributed by atoms with E-state index in [1.165, 1.54) is 0 Å². The highest BCUT2D eigenvalue weighted by Gasteiger charge is 2.53. The van der Waals surface area contributed by atoms with Gasteiger partial charge in [0.1, 0.15) is 82.0 Å². The molecule has 0 radical (unpaired) electrons. The van der Waals surface area contributed by atoms with Gasteiger partial charge in [0.25, 0.3) is 0 Å². The molecular formula is C45H17BF23P. The molecule has 0 unspecified atom stereocenters. The Balaban J connectivity index is 0.000000270. The zero-order valence-electron chi connectivity index (χ0n) is 33.6. The number of halogens is 23. The number of hydrogen-bond donors (Lipinski definition) is 0. The third-order valence-electron chi connectivity index (χ3n) is 10.9. The standard InChI is InChI=1S/C24BF20.C21H17F3P/c26-5-1(6(27)14(35)21(42)13(5)34)25(2-7(28)15(36)22(43)16(37)8(2)29,3-9(30)17(38)23(44)18(39)10(3)31)4-11(32)19(40)24(45)20(41)12(4)33;22-20(21(23)24)16-25(17-10-4-1-5-11-17,18-12-6-2-7-13-18)19-14-8-3-9-15-19/h;1-15H,16H2/q-1;+1. The fourth-order valence-corrected chi connectivity index (χ4v) is 11.9. The van der Waals surface area contributed by atoms with Gasteiger partial charge in [-0.15, -0.1) is 21.9 Å². The summed E-state index contributed by atoms with van der Waals surface area (Å²) >= 11 is 0. The smallest absolute Gasteiger partial charge is 0.207 e. The van der Waals surface area contributed by atoms with Crippen molar-refractivity contribution in [3.63, 3.8) is 0 Å². The molecule has 0 saturated carbocycles. The first-order valence-corrected chi connectivity index (χ1v) is 20.8. The SMILES string of the molecule is FC(F)=C(F)C[P+](c1ccccc1)(c1ccccc1)c1ccccc1.Fc1c(F)c(F)c([B-](c2c(F)c(F)c(F)c(F)c2F)(c2c(F)c(F)c(F)c(F)c2F)c2c(F)c(F)c(F)c(F)c2F)c(F)c1F. The van der Waals surface area contributed by atoms with Crippen molar-refractivity contribution >= 4 is 51.2 Å². The van der Waals surface area contributed by atoms with Gasteiger partial charge in [0.2, 0.25) is 5.83 Å². The molecule has 7 aromatic carbocycles. The summed E-state index contributed by atoms with van der Waals surface area (Å²) < 4.78 is 334. The van der Waals surface area contributed by atoms with Gasteiger partial charge in [-0.2, -0.15) is 8.78 Å². The van der Waals surface area contributed by atoms with Gasteiger partial charge in [0, 0.05) is 0 Å². The van der Waals surface area contributed by atoms with Crippen molar-refractivity contribution in [1.29, 1.82) is 0 Å². The highest BCUT2D eigenvalue weighted by Crippen LogP contribution is 2.57. The quantitative estimate of drug-likeness (QED) is 0.0444. The van der Waals surface area contributed by atoms with Crippen molar-refractivity contribution in [2.24, 2.45) is 0 Å². The normalized spacial score (nSPS) is 11.7. The van der Waals surface area contributed by atoms with Crippen molar-refractivity contribution in [1.82, 2.24) is 0 Å². The molecule has 366 valence electrons. The van der Waals surface area contributed by atoms with Crippen molar-refractivity contribution in [2.75, 3.05) is 6.16 Å². The van der Waals surface area contributed by atoms with E-state index in [-0.39, 0.29) is 6.16 Å². The molecule has 0 nitrogen and oxygen atoms in total. The van der Waals surface area contributed by atoms with Gasteiger partial charge >= 0.3 is 6.08 Å². The zero-order valence-corrected chi connectivity index (χ0v) is 34.5. The van der Waals surface area contributed by atoms with Crippen LogP contribution in [0.2, 0.25) is 0 Å². The molecule has 70 heavy (non-hydrogen) atoms. The number of hydrogen-bond acceptors (Lipinski definition) is 0. The summed E-state index contributed by atoms with van der Waals surface area (Å²) in [6.45, 7) is 0. The maximum Gasteiger partial charge on any atom is 0.305 e. The van der Waals surface area contributed by atoms with Crippen molar-refractivity contribution in [3.8, 4) is 0 Å². The van der Waals surface area contributed by atoms with Crippen LogP contribution in [-0.4, -0.2) is 12.3 Å². The first-order chi connectivity index (χ1) is 32.8. The van der Waals surface area contributed by atoms with Gasteiger partial charge in [0.05, 0.1) is 0 Å². The number of rotatable bonds is 9. The molecular weight excluding hydrogens is 1020 g/mol. The second kappa shape index (κ2) is 19.9. The van der Waals surface area contributed by atoms with E-state index in [0.717, 1.165) is 15.9 Å². The molecule has 0 spiro atoms. The topological polar surface area (TPSA) is 0 Å². The van der Waals surface area contributed by atoms with Gasteiger partial charge in [-0.25, -0.2) is 92.2 Å². The first-order valence-electron chi connectivity index (χ1n) is 18.8. The zero-order chi connectivity index (χ0) is 52.1. The summed E-state index contributed by atoms with van der Waals surface area (Å²) in [4.78, 5) is 0. The summed E-state index contributed by atoms with van der Waals surface area (Å²) in [5.74, 6) is -72.7. The Labute approximate surface area is 377 Å². The maximum atomic E-state index is 15.4. The van der Waals surface area contributed by atoms with E-state index < -0.39 is 164 Å². The monoisotopic (exact) mass is 1040 g/mol. The van der Waals surface area contributed by atoms with Gasteiger partial charge in [-0.1, -0.05) is 54.6 Å². The van der Waals surface area contributed by atoms with Crippen LogP contribution >= 0.6 is 7.26 Å². The van der Waals surface area contributed by atoms with Gasteiger partial charge in [0.15, 0.2) is 69.8 Å². The largest absolute Gasteiger partial charge is 0.305 e. The van der Waals surface area contributed by atoms with Crippen LogP contribution in [0.25, 0.3) is 0 Å². The average molecular weight is 1040 g/mol. The van der Waals surface area contributed by atoms with E-state index in [2.05, 4.69) is 0 Å². The van der Waals surface area contributed by atoms with E-state index in [1.54, 1.807) is 0 Å². The molecule has 0 atom stereocenters. The van der Waals surface area contributed by atoms with Gasteiger partial charge < -0.3 is 0 Å². The molecule has 0 fully saturated rings. The Morgan fingerprint density at radius 3 is 0.614 bits per heavy atom. The van der Waals surface area contributed by atoms with Crippen LogP contribution in [0, 0.1) is 116 Å². The molecule has 0 amide bonds. The average Bonchev–Trinajstić information content (AvgIpc) is 3.36. The van der Waals surface area contributed by atoms with Crippen LogP contribution in [0.15, 0.2) is 103 Å². The van der Waals surface area contributed by atoms with E-state index in [4.69, 9.17) is 0 Å². The van der Waals surface area contributed by atoms with Crippen LogP contribution in [0.1, 0.15) is 0 Å². The van der Waals surface area contributed by atoms with Crippen LogP contribution in [0.4, 0.5) is 101 Å². The molecule has 0 aliphatic heterocycles. The van der Waals surface area contributed by atoms with Crippen LogP contribution in [-0.2, 0) is 0 Å². The lowest BCUT2D eigenvalue weighted by molar-refractivity contribution is 0.378. The Hall–Kier alpha value is -6.84. The molecule has 0 aliphatic rings. The highest BCUT2D eigenvalue weighted by molar-refractivity contribution is 7.95. The first kappa shape index (κ1) is 52.5. The Bertz CT molecular complexity index is 2720. The van der Waals surface area contributed by atoms with E-state index in [1.807, 2.05) is 91.0 Å². The Kier molecular flexibility index (Phi) is 14.9. The van der Waals surface area contributed by atoms with Gasteiger partial charge in [-0.05, 0) is 36.4 Å². The summed E-state index contributed by atoms with van der Waals surface area (Å²) in [6, 6.07) is 28.2. The summed E-state index contributed by atoms with van der Waals surface area (Å²) in [7, 11) is -2.58. The summed E-state index contributed by atoms with van der Waals surface area (Å²) in [5.41, 5.74) is -14.3. The predicted molar refractivity (Wildman–Crippen MR) is 210 cm³/mol. The molecule has 0 aliphatic carbocycles. The lowest BCUT2D eigenvalue weighted by Crippen LogP contribution is -2.81. The fourth-order valence-electron chi connectivity index (χ4n) is 7.91. The molecule has 0 bridgehead atoms. The van der Waals surface area contributed by atoms with Crippen LogP contribution < -0.4 is 37.8 Å². The van der Waals surface area contributed by atoms with Crippen molar-refractivity contribution in [3.05, 3.63) is 219 Å². The van der Waals surface area contributed by atoms with Crippen LogP contribution in [0.5, 0.6) is 0 Å². The predicted octanol–water partition coefficient (Wildman–Crippen LogP) is 10.9. The highest BCUT2D eigenvalue weighted by atomic mass is 31.2. The molecule has 0 aromatic heterocycles. The minimum atomic E-state index is -7.22. The Morgan fingerprint density at radius 2 is 0.443 bits per heavy atom. The van der Waals surface area contributed by atoms with E-state index in [0.29, 0.717) is 0 Å². The van der Waals surface area contributed by atoms with Crippen LogP contribution in [0.3, 0.4) is 0 Å². The molecule has 0 saturated heterocycles. The maximum absolute atomic E-state index is 15.4. The Morgan fingerprint density at radius 1 is 0.271 bits per heavy atom. The molecule has 7 rings (SSSR count). The third kappa shape index (κ3) is 8.22. The number of benzene rings is 7. The minimum absolute atomic E-state index is 0.326. The lowest BCUT2D eigenvalue weighted by Gasteiger charge is -2.44. The third-order valence-corrected chi connectivity index (χ3v) is 15.2. The second-order valence-electron chi connectivity index (χ2n) is 14.4. The molecule has 25 heteroatoms. The lowest BCUT2D eigenvalue weighted by atomic mass is 9.12. The fraction of sp³-hybridized carbons (Fsp3) is 0.0222. The molecule has 0 heterocycles. The summed E-state index contributed by atoms with van der Waals surface area (Å²) in [6.07, 6.45) is -9.79. The van der Waals surface area contributed by atoms with Crippen molar-refractivity contribution < 1.29 is 101 Å². The summed E-state index contributed by atoms with van der Waals surface area (Å²) in [5, 5.41) is 2.64. The molecule has 0 N–H and O–H groups in total. The number of allylic oxidation sites excluding steroid dienone is 1. The van der Waals surface area contributed by atoms with Crippen molar-refractivity contribution in [2.45, 2.75) is 0 Å². The van der Waals surface area contributed by atoms with E-state index in [9.17, 15) is 65.9 Å². The van der Waals surface area contributed by atoms with E-state index >= 15 is 35.1 Å². The second-order valence-corrected chi connectivity index (χ2v) is 17.9. The minimum Gasteiger partial charge on any atom is -0.207 e. The molecule has 7 aromatic rings. The van der Waals surface area contributed by atoms with Gasteiger partial charge in [-0.3, -0.25) is 0 Å².